The molecule has 2 aromatic heterocycles. The van der Waals surface area contributed by atoms with E-state index in [1.807, 2.05) is 41.8 Å². The van der Waals surface area contributed by atoms with Gasteiger partial charge in [0.1, 0.15) is 23.0 Å². The number of nitrogens with one attached hydrogen (secondary N) is 1. The van der Waals surface area contributed by atoms with Gasteiger partial charge in [0.15, 0.2) is 0 Å². The van der Waals surface area contributed by atoms with E-state index in [4.69, 9.17) is 9.15 Å². The van der Waals surface area contributed by atoms with Crippen LogP contribution in [0.1, 0.15) is 22.5 Å². The predicted octanol–water partition coefficient (Wildman–Crippen LogP) is 4.90. The molecule has 6 nitrogen and oxygen atoms in total. The zero-order valence-corrected chi connectivity index (χ0v) is 17.2. The van der Waals surface area contributed by atoms with Crippen molar-refractivity contribution in [3.05, 3.63) is 58.8 Å². The number of hydrogen-bond donors (Lipinski definition) is 1. The molecule has 5 rings (SSSR count). The Morgan fingerprint density at radius 1 is 1.13 bits per heavy atom. The van der Waals surface area contributed by atoms with Crippen molar-refractivity contribution >= 4 is 50.8 Å². The Labute approximate surface area is 177 Å². The molecule has 1 atom stereocenters. The van der Waals surface area contributed by atoms with Crippen LogP contribution in [-0.2, 0) is 4.79 Å². The van der Waals surface area contributed by atoms with Gasteiger partial charge in [-0.2, -0.15) is 0 Å². The Morgan fingerprint density at radius 3 is 2.80 bits per heavy atom. The molecule has 2 aromatic carbocycles. The van der Waals surface area contributed by atoms with Crippen LogP contribution in [0.2, 0.25) is 0 Å². The Kier molecular flexibility index (Phi) is 4.67. The minimum Gasteiger partial charge on any atom is -0.495 e. The first-order chi connectivity index (χ1) is 14.7. The van der Waals surface area contributed by atoms with Gasteiger partial charge in [0.05, 0.1) is 17.7 Å². The van der Waals surface area contributed by atoms with Crippen LogP contribution in [0.25, 0.3) is 21.9 Å². The number of para-hydroxylation sites is 1. The van der Waals surface area contributed by atoms with E-state index in [9.17, 15) is 9.59 Å². The molecule has 2 amide bonds. The number of rotatable bonds is 4. The fourth-order valence-corrected chi connectivity index (χ4v) is 4.74. The number of fused-ring (bicyclic) bond motifs is 3. The van der Waals surface area contributed by atoms with E-state index in [0.717, 1.165) is 22.8 Å². The number of amides is 2. The van der Waals surface area contributed by atoms with E-state index < -0.39 is 6.04 Å². The number of carbonyl (C=O) groups is 2. The Hall–Kier alpha value is -3.32. The van der Waals surface area contributed by atoms with Gasteiger partial charge in [0.25, 0.3) is 5.91 Å². The predicted molar refractivity (Wildman–Crippen MR) is 117 cm³/mol. The molecular formula is C23H20N2O4S. The number of benzene rings is 2. The summed E-state index contributed by atoms with van der Waals surface area (Å²) in [4.78, 5) is 28.2. The normalized spacial score (nSPS) is 16.3. The van der Waals surface area contributed by atoms with Gasteiger partial charge in [0.2, 0.25) is 5.91 Å². The monoisotopic (exact) mass is 420 g/mol. The highest BCUT2D eigenvalue weighted by Gasteiger charge is 2.35. The first-order valence-electron chi connectivity index (χ1n) is 9.80. The number of furan rings is 1. The topological polar surface area (TPSA) is 71.8 Å². The lowest BCUT2D eigenvalue weighted by molar-refractivity contribution is -0.119. The fourth-order valence-electron chi connectivity index (χ4n) is 4.06. The quantitative estimate of drug-likeness (QED) is 0.510. The van der Waals surface area contributed by atoms with Crippen molar-refractivity contribution in [3.63, 3.8) is 0 Å². The maximum Gasteiger partial charge on any atom is 0.264 e. The molecule has 1 saturated heterocycles. The number of methoxy groups -OCH3 is 1. The molecule has 0 saturated carbocycles. The number of likely N-dealkylation sites (tertiary alicyclic amines) is 1. The summed E-state index contributed by atoms with van der Waals surface area (Å²) in [5.41, 5.74) is 1.98. The molecule has 0 bridgehead atoms. The molecule has 1 aliphatic rings. The van der Waals surface area contributed by atoms with E-state index in [0.29, 0.717) is 34.9 Å². The highest BCUT2D eigenvalue weighted by atomic mass is 32.1. The van der Waals surface area contributed by atoms with Crippen molar-refractivity contribution in [1.82, 2.24) is 4.90 Å². The SMILES string of the molecule is COc1cc2c(cc1NC(=O)[C@@H]1CCCN1C(=O)c1cccs1)oc1ccccc12. The number of thiophene rings is 1. The molecule has 4 aromatic rings. The van der Waals surface area contributed by atoms with Crippen molar-refractivity contribution in [2.24, 2.45) is 0 Å². The van der Waals surface area contributed by atoms with Crippen LogP contribution in [0.4, 0.5) is 5.69 Å². The molecule has 7 heteroatoms. The van der Waals surface area contributed by atoms with Crippen LogP contribution in [0.3, 0.4) is 0 Å². The molecule has 0 unspecified atom stereocenters. The van der Waals surface area contributed by atoms with Gasteiger partial charge >= 0.3 is 0 Å². The van der Waals surface area contributed by atoms with E-state index in [1.165, 1.54) is 11.3 Å². The van der Waals surface area contributed by atoms with Crippen molar-refractivity contribution in [1.29, 1.82) is 0 Å². The highest BCUT2D eigenvalue weighted by molar-refractivity contribution is 7.12. The van der Waals surface area contributed by atoms with Crippen LogP contribution < -0.4 is 10.1 Å². The van der Waals surface area contributed by atoms with Crippen LogP contribution in [0.5, 0.6) is 5.75 Å². The minimum atomic E-state index is -0.504. The minimum absolute atomic E-state index is 0.0950. The molecule has 152 valence electrons. The lowest BCUT2D eigenvalue weighted by Crippen LogP contribution is -2.43. The summed E-state index contributed by atoms with van der Waals surface area (Å²) in [5.74, 6) is 0.241. The average molecular weight is 420 g/mol. The third kappa shape index (κ3) is 3.11. The van der Waals surface area contributed by atoms with Crippen LogP contribution in [0, 0.1) is 0 Å². The van der Waals surface area contributed by atoms with Crippen LogP contribution in [0.15, 0.2) is 58.3 Å². The largest absolute Gasteiger partial charge is 0.495 e. The first kappa shape index (κ1) is 18.7. The number of hydrogen-bond acceptors (Lipinski definition) is 5. The molecule has 0 aliphatic carbocycles. The standard InChI is InChI=1S/C23H20N2O4S/c1-28-20-12-15-14-6-2-3-8-18(14)29-19(15)13-16(20)24-22(26)17-7-4-10-25(17)23(27)21-9-5-11-30-21/h2-3,5-6,8-9,11-13,17H,4,7,10H2,1H3,(H,24,26)/t17-/m0/s1. The zero-order chi connectivity index (χ0) is 20.7. The maximum absolute atomic E-state index is 13.1. The van der Waals surface area contributed by atoms with Crippen LogP contribution in [-0.4, -0.2) is 36.4 Å². The lowest BCUT2D eigenvalue weighted by atomic mass is 10.1. The molecule has 30 heavy (non-hydrogen) atoms. The van der Waals surface area contributed by atoms with Gasteiger partial charge in [-0.15, -0.1) is 11.3 Å². The summed E-state index contributed by atoms with van der Waals surface area (Å²) < 4.78 is 11.5. The van der Waals surface area contributed by atoms with Crippen LogP contribution >= 0.6 is 11.3 Å². The molecule has 0 radical (unpaired) electrons. The summed E-state index contributed by atoms with van der Waals surface area (Å²) in [7, 11) is 1.57. The van der Waals surface area contributed by atoms with Crippen molar-refractivity contribution in [3.8, 4) is 5.75 Å². The number of anilines is 1. The number of carbonyl (C=O) groups excluding carboxylic acids is 2. The first-order valence-corrected chi connectivity index (χ1v) is 10.7. The third-order valence-corrected chi connectivity index (χ3v) is 6.36. The fraction of sp³-hybridized carbons (Fsp3) is 0.217. The van der Waals surface area contributed by atoms with Gasteiger partial charge in [-0.25, -0.2) is 0 Å². The number of ether oxygens (including phenoxy) is 1. The summed E-state index contributed by atoms with van der Waals surface area (Å²) >= 11 is 1.39. The smallest absolute Gasteiger partial charge is 0.264 e. The second-order valence-corrected chi connectivity index (χ2v) is 8.22. The van der Waals surface area contributed by atoms with Gasteiger partial charge in [-0.3, -0.25) is 9.59 Å². The van der Waals surface area contributed by atoms with Crippen molar-refractivity contribution in [2.45, 2.75) is 18.9 Å². The van der Waals surface area contributed by atoms with E-state index in [-0.39, 0.29) is 11.8 Å². The second kappa shape index (κ2) is 7.50. The Bertz CT molecular complexity index is 1250. The van der Waals surface area contributed by atoms with E-state index >= 15 is 0 Å². The third-order valence-electron chi connectivity index (χ3n) is 5.50. The van der Waals surface area contributed by atoms with Gasteiger partial charge in [-0.1, -0.05) is 24.3 Å². The van der Waals surface area contributed by atoms with Gasteiger partial charge in [-0.05, 0) is 36.4 Å². The molecular weight excluding hydrogens is 400 g/mol. The second-order valence-electron chi connectivity index (χ2n) is 7.27. The number of nitrogens with zero attached hydrogens (tertiary/aromatic N) is 1. The summed E-state index contributed by atoms with van der Waals surface area (Å²) in [6.45, 7) is 0.578. The summed E-state index contributed by atoms with van der Waals surface area (Å²) in [6.07, 6.45) is 1.44. The van der Waals surface area contributed by atoms with Crippen molar-refractivity contribution in [2.75, 3.05) is 19.0 Å². The molecule has 1 N–H and O–H groups in total. The average Bonchev–Trinajstić information content (AvgIpc) is 3.52. The lowest BCUT2D eigenvalue weighted by Gasteiger charge is -2.23. The Balaban J connectivity index is 1.45. The van der Waals surface area contributed by atoms with Crippen molar-refractivity contribution < 1.29 is 18.7 Å². The summed E-state index contributed by atoms with van der Waals surface area (Å²) in [5, 5.41) is 6.74. The van der Waals surface area contributed by atoms with E-state index in [2.05, 4.69) is 5.32 Å². The molecule has 1 fully saturated rings. The van der Waals surface area contributed by atoms with E-state index in [1.54, 1.807) is 24.1 Å². The van der Waals surface area contributed by atoms with Gasteiger partial charge < -0.3 is 19.4 Å². The summed E-state index contributed by atoms with van der Waals surface area (Å²) in [6, 6.07) is 14.6. The highest BCUT2D eigenvalue weighted by Crippen LogP contribution is 2.36. The zero-order valence-electron chi connectivity index (χ0n) is 16.4. The maximum atomic E-state index is 13.1. The molecule has 0 spiro atoms. The molecule has 3 heterocycles. The molecule has 1 aliphatic heterocycles. The Morgan fingerprint density at radius 2 is 2.00 bits per heavy atom. The van der Waals surface area contributed by atoms with Gasteiger partial charge in [0, 0.05) is 23.4 Å².